The summed E-state index contributed by atoms with van der Waals surface area (Å²) in [5.74, 6) is -3.35. The van der Waals surface area contributed by atoms with Gasteiger partial charge in [-0.05, 0) is 40.4 Å². The van der Waals surface area contributed by atoms with Crippen molar-refractivity contribution >= 4 is 31.0 Å². The van der Waals surface area contributed by atoms with Gasteiger partial charge in [-0.25, -0.2) is 13.2 Å². The summed E-state index contributed by atoms with van der Waals surface area (Å²) in [5, 5.41) is 6.04. The monoisotopic (exact) mass is 439 g/mol. The van der Waals surface area contributed by atoms with E-state index in [0.717, 1.165) is 5.56 Å². The largest absolute Gasteiger partial charge is 0.397 e. The van der Waals surface area contributed by atoms with Gasteiger partial charge < -0.3 is 16.4 Å². The summed E-state index contributed by atoms with van der Waals surface area (Å²) >= 11 is 0. The molecule has 3 rings (SSSR count). The van der Waals surface area contributed by atoms with E-state index < -0.39 is 23.0 Å². The van der Waals surface area contributed by atoms with Crippen LogP contribution in [0.3, 0.4) is 0 Å². The number of carbonyl (C=O) groups excluding carboxylic acids is 1. The first-order valence-corrected chi connectivity index (χ1v) is 10.3. The molecule has 8 heteroatoms. The number of carbonyl (C=O) groups is 1. The average molecular weight is 439 g/mol. The van der Waals surface area contributed by atoms with Crippen molar-refractivity contribution < 1.29 is 18.0 Å². The van der Waals surface area contributed by atoms with Crippen LogP contribution in [-0.4, -0.2) is 27.2 Å². The molecular formula is C24H25BF3N3O. The highest BCUT2D eigenvalue weighted by molar-refractivity contribution is 6.36. The molecule has 0 saturated heterocycles. The second-order valence-electron chi connectivity index (χ2n) is 7.95. The van der Waals surface area contributed by atoms with Gasteiger partial charge in [0.15, 0.2) is 17.9 Å². The highest BCUT2D eigenvalue weighted by Crippen LogP contribution is 2.35. The molecule has 0 aliphatic carbocycles. The van der Waals surface area contributed by atoms with Gasteiger partial charge >= 0.3 is 0 Å². The van der Waals surface area contributed by atoms with Crippen LogP contribution in [0.15, 0.2) is 36.4 Å². The van der Waals surface area contributed by atoms with Crippen molar-refractivity contribution in [2.45, 2.75) is 26.4 Å². The second kappa shape index (κ2) is 9.48. The van der Waals surface area contributed by atoms with Gasteiger partial charge in [-0.2, -0.15) is 0 Å². The van der Waals surface area contributed by atoms with Crippen LogP contribution in [0.2, 0.25) is 0 Å². The van der Waals surface area contributed by atoms with Crippen LogP contribution in [-0.2, 0) is 6.54 Å². The molecular weight excluding hydrogens is 414 g/mol. The summed E-state index contributed by atoms with van der Waals surface area (Å²) in [6, 6.07) is 9.69. The maximum atomic E-state index is 15.4. The van der Waals surface area contributed by atoms with Crippen LogP contribution >= 0.6 is 0 Å². The first kappa shape index (κ1) is 23.4. The molecule has 0 aromatic heterocycles. The minimum absolute atomic E-state index is 0.0712. The van der Waals surface area contributed by atoms with Crippen LogP contribution in [0, 0.1) is 17.5 Å². The van der Waals surface area contributed by atoms with E-state index in [0.29, 0.717) is 18.5 Å². The van der Waals surface area contributed by atoms with Gasteiger partial charge in [-0.15, -0.1) is 0 Å². The molecule has 0 spiro atoms. The molecule has 0 atom stereocenters. The Kier molecular flexibility index (Phi) is 6.94. The lowest BCUT2D eigenvalue weighted by Gasteiger charge is -2.17. The van der Waals surface area contributed by atoms with Gasteiger partial charge in [0, 0.05) is 30.8 Å². The zero-order chi connectivity index (χ0) is 23.6. The van der Waals surface area contributed by atoms with Crippen LogP contribution in [0.25, 0.3) is 22.3 Å². The molecule has 0 amide bonds. The minimum Gasteiger partial charge on any atom is -0.397 e. The number of hydrogen-bond acceptors (Lipinski definition) is 4. The van der Waals surface area contributed by atoms with Crippen molar-refractivity contribution in [2.75, 3.05) is 18.1 Å². The van der Waals surface area contributed by atoms with Crippen LogP contribution < -0.4 is 21.8 Å². The third-order valence-corrected chi connectivity index (χ3v) is 5.35. The maximum absolute atomic E-state index is 15.4. The van der Waals surface area contributed by atoms with Gasteiger partial charge in [0.1, 0.15) is 13.7 Å². The second-order valence-corrected chi connectivity index (χ2v) is 7.95. The van der Waals surface area contributed by atoms with E-state index in [-0.39, 0.29) is 39.4 Å². The number of benzene rings is 3. The number of nitrogens with two attached hydrogens (primary N) is 1. The fourth-order valence-electron chi connectivity index (χ4n) is 3.75. The van der Waals surface area contributed by atoms with E-state index in [1.165, 1.54) is 20.0 Å². The Morgan fingerprint density at radius 1 is 1.03 bits per heavy atom. The number of halogens is 3. The van der Waals surface area contributed by atoms with Gasteiger partial charge in [0.05, 0.1) is 16.9 Å². The number of rotatable bonds is 7. The molecule has 0 saturated carbocycles. The molecule has 0 unspecified atom stereocenters. The van der Waals surface area contributed by atoms with E-state index in [4.69, 9.17) is 5.73 Å². The molecule has 4 nitrogen and oxygen atoms in total. The molecule has 3 aromatic carbocycles. The van der Waals surface area contributed by atoms with E-state index in [2.05, 4.69) is 10.6 Å². The minimum atomic E-state index is -1.29. The molecule has 4 N–H and O–H groups in total. The third kappa shape index (κ3) is 4.36. The maximum Gasteiger partial charge on any atom is 0.170 e. The molecule has 0 aliphatic heterocycles. The summed E-state index contributed by atoms with van der Waals surface area (Å²) in [4.78, 5) is 11.4. The quantitative estimate of drug-likeness (QED) is 0.228. The number of nitrogens with one attached hydrogen (secondary N) is 2. The molecule has 0 heterocycles. The Labute approximate surface area is 186 Å². The Morgan fingerprint density at radius 3 is 2.34 bits per heavy atom. The number of anilines is 2. The summed E-state index contributed by atoms with van der Waals surface area (Å²) < 4.78 is 45.9. The lowest BCUT2D eigenvalue weighted by atomic mass is 9.82. The first-order valence-electron chi connectivity index (χ1n) is 10.3. The summed E-state index contributed by atoms with van der Waals surface area (Å²) in [7, 11) is 2.97. The van der Waals surface area contributed by atoms with Crippen LogP contribution in [0.5, 0.6) is 0 Å². The van der Waals surface area contributed by atoms with Gasteiger partial charge in [0.2, 0.25) is 0 Å². The van der Waals surface area contributed by atoms with Crippen molar-refractivity contribution in [2.24, 2.45) is 0 Å². The molecule has 0 aliphatic rings. The van der Waals surface area contributed by atoms with Crippen molar-refractivity contribution in [3.63, 3.8) is 0 Å². The molecule has 0 radical (unpaired) electrons. The fourth-order valence-corrected chi connectivity index (χ4v) is 3.75. The molecule has 3 aromatic rings. The SMILES string of the molecule is Bc1c(F)c(-c2cccc(CNC(C)C)c2)c(F)c(F)c1-c1cc(N)c(NC)c(C=O)c1. The van der Waals surface area contributed by atoms with Crippen LogP contribution in [0.4, 0.5) is 24.5 Å². The molecule has 0 fully saturated rings. The molecule has 166 valence electrons. The zero-order valence-electron chi connectivity index (χ0n) is 18.4. The Hall–Kier alpha value is -3.26. The summed E-state index contributed by atoms with van der Waals surface area (Å²) in [6.07, 6.45) is 0.552. The van der Waals surface area contributed by atoms with Gasteiger partial charge in [-0.1, -0.05) is 32.0 Å². The van der Waals surface area contributed by atoms with Crippen molar-refractivity contribution in [3.05, 3.63) is 65.0 Å². The third-order valence-electron chi connectivity index (χ3n) is 5.35. The number of aldehydes is 1. The Morgan fingerprint density at radius 2 is 1.72 bits per heavy atom. The highest BCUT2D eigenvalue weighted by Gasteiger charge is 2.25. The lowest BCUT2D eigenvalue weighted by Crippen LogP contribution is -2.22. The van der Waals surface area contributed by atoms with E-state index in [1.54, 1.807) is 25.2 Å². The van der Waals surface area contributed by atoms with Crippen molar-refractivity contribution in [1.82, 2.24) is 5.32 Å². The normalized spacial score (nSPS) is 11.1. The highest BCUT2D eigenvalue weighted by atomic mass is 19.2. The zero-order valence-corrected chi connectivity index (χ0v) is 18.4. The lowest BCUT2D eigenvalue weighted by molar-refractivity contribution is 0.112. The average Bonchev–Trinajstić information content (AvgIpc) is 2.76. The van der Waals surface area contributed by atoms with Gasteiger partial charge in [-0.3, -0.25) is 4.79 Å². The summed E-state index contributed by atoms with van der Waals surface area (Å²) in [5.41, 5.74) is 7.10. The van der Waals surface area contributed by atoms with Gasteiger partial charge in [0.25, 0.3) is 0 Å². The Bertz CT molecular complexity index is 1150. The number of nitrogen functional groups attached to an aromatic ring is 1. The van der Waals surface area contributed by atoms with Crippen molar-refractivity contribution in [3.8, 4) is 22.3 Å². The fraction of sp³-hybridized carbons (Fsp3) is 0.208. The van der Waals surface area contributed by atoms with E-state index in [1.807, 2.05) is 19.9 Å². The number of hydrogen-bond donors (Lipinski definition) is 3. The first-order chi connectivity index (χ1) is 15.2. The molecule has 32 heavy (non-hydrogen) atoms. The topological polar surface area (TPSA) is 67.2 Å². The predicted molar refractivity (Wildman–Crippen MR) is 127 cm³/mol. The smallest absolute Gasteiger partial charge is 0.170 e. The standard InChI is InChI=1S/C24H25BF3N3O/c1-12(2)31-10-13-5-4-6-14(7-13)19-21(26)20(25)18(22(27)23(19)28)15-8-16(11-32)24(30-3)17(29)9-15/h4-9,11-12,30-31H,10,25,29H2,1-3H3. The van der Waals surface area contributed by atoms with E-state index >= 15 is 13.2 Å². The van der Waals surface area contributed by atoms with Crippen LogP contribution in [0.1, 0.15) is 29.8 Å². The molecule has 0 bridgehead atoms. The summed E-state index contributed by atoms with van der Waals surface area (Å²) in [6.45, 7) is 4.50. The Balaban J connectivity index is 2.18. The predicted octanol–water partition coefficient (Wildman–Crippen LogP) is 3.63. The van der Waals surface area contributed by atoms with E-state index in [9.17, 15) is 4.79 Å². The van der Waals surface area contributed by atoms with Crippen molar-refractivity contribution in [1.29, 1.82) is 0 Å².